The standard InChI is InChI=1S/C22H21.C2H6Si.2ClH.Zr/c1-22(2,3)16-13-12-15(14-16)21-19-10-6-4-8-17(19)18-9-5-7-11-20(18)21;1-3-2;;;/h4-10,13-14,21H,12H2,1-3H3;1-2H3;2*1H;/q;;;;+2/p-2. The van der Waals surface area contributed by atoms with Crippen LogP contribution in [0.15, 0.2) is 65.8 Å². The molecule has 2 aromatic rings. The summed E-state index contributed by atoms with van der Waals surface area (Å²) in [6, 6.07) is 16.3. The zero-order chi connectivity index (χ0) is 18.5. The molecule has 28 heavy (non-hydrogen) atoms. The van der Waals surface area contributed by atoms with Gasteiger partial charge >= 0.3 is 170 Å². The molecule has 0 bridgehead atoms. The fourth-order valence-electron chi connectivity index (χ4n) is 4.29. The van der Waals surface area contributed by atoms with Gasteiger partial charge in [0.15, 0.2) is 0 Å². The summed E-state index contributed by atoms with van der Waals surface area (Å²) in [4.78, 5) is 0. The minimum absolute atomic E-state index is 0. The van der Waals surface area contributed by atoms with E-state index in [0.717, 1.165) is 6.42 Å². The molecule has 0 fully saturated rings. The van der Waals surface area contributed by atoms with E-state index in [0.29, 0.717) is 5.92 Å². The Hall–Kier alpha value is -0.400. The first-order valence-corrected chi connectivity index (χ1v) is 17.0. The van der Waals surface area contributed by atoms with Crippen LogP contribution < -0.4 is 28.1 Å². The van der Waals surface area contributed by atoms with Crippen molar-refractivity contribution < 1.29 is 46.7 Å². The second-order valence-corrected chi connectivity index (χ2v) is 21.5. The minimum atomic E-state index is -0.470. The van der Waals surface area contributed by atoms with Gasteiger partial charge in [0.25, 0.3) is 0 Å². The van der Waals surface area contributed by atoms with Crippen LogP contribution in [0.1, 0.15) is 44.2 Å². The molecule has 4 heteroatoms. The summed E-state index contributed by atoms with van der Waals surface area (Å²) in [5.41, 5.74) is 9.40. The monoisotopic (exact) mass is 503 g/mol. The van der Waals surface area contributed by atoms with E-state index in [1.807, 2.05) is 0 Å². The molecule has 0 aromatic heterocycles. The first-order chi connectivity index (χ1) is 12.4. The molecule has 0 amide bonds. The molecule has 0 heterocycles. The molecule has 0 spiro atoms. The topological polar surface area (TPSA) is 0 Å². The van der Waals surface area contributed by atoms with Crippen molar-refractivity contribution in [1.29, 1.82) is 0 Å². The summed E-state index contributed by atoms with van der Waals surface area (Å²) >= 11 is -0.470. The van der Waals surface area contributed by atoms with E-state index in [-0.39, 0.29) is 35.7 Å². The fraction of sp³-hybridized carbons (Fsp3) is 0.333. The summed E-state index contributed by atoms with van der Waals surface area (Å²) in [5.74, 6) is 0.482. The third-order valence-corrected chi connectivity index (χ3v) is 13.0. The predicted molar refractivity (Wildman–Crippen MR) is 111 cm³/mol. The second kappa shape index (κ2) is 9.17. The van der Waals surface area contributed by atoms with Crippen LogP contribution in [0.2, 0.25) is 13.1 Å². The van der Waals surface area contributed by atoms with Gasteiger partial charge in [-0.3, -0.25) is 0 Å². The Morgan fingerprint density at radius 3 is 2.25 bits per heavy atom. The van der Waals surface area contributed by atoms with Gasteiger partial charge in [-0.2, -0.15) is 0 Å². The molecule has 145 valence electrons. The molecule has 0 N–H and O–H groups in total. The Balaban J connectivity index is 0.00000140. The quantitative estimate of drug-likeness (QED) is 0.507. The Morgan fingerprint density at radius 1 is 0.929 bits per heavy atom. The van der Waals surface area contributed by atoms with Gasteiger partial charge in [0.2, 0.25) is 0 Å². The molecule has 2 aliphatic carbocycles. The van der Waals surface area contributed by atoms with Crippen molar-refractivity contribution in [2.45, 2.75) is 46.2 Å². The maximum atomic E-state index is 2.52. The number of halogens is 2. The van der Waals surface area contributed by atoms with Crippen molar-refractivity contribution >= 4 is 8.70 Å². The molecule has 0 radical (unpaired) electrons. The minimum Gasteiger partial charge on any atom is -1.00 e. The average Bonchev–Trinajstić information content (AvgIpc) is 3.17. The smallest absolute Gasteiger partial charge is 1.00 e. The van der Waals surface area contributed by atoms with Crippen LogP contribution in [0.3, 0.4) is 0 Å². The van der Waals surface area contributed by atoms with E-state index in [1.54, 1.807) is 14.4 Å². The fourth-order valence-corrected chi connectivity index (χ4v) is 11.6. The Bertz CT molecular complexity index is 976. The van der Waals surface area contributed by atoms with Crippen molar-refractivity contribution in [3.63, 3.8) is 0 Å². The zero-order valence-corrected chi connectivity index (χ0v) is 22.2. The summed E-state index contributed by atoms with van der Waals surface area (Å²) in [5, 5.41) is 0. The van der Waals surface area contributed by atoms with E-state index in [2.05, 4.69) is 88.5 Å². The third kappa shape index (κ3) is 4.36. The SMILES string of the molecule is C[Si](C)=[Zr+2][c]1cccc2c1C(C1=CC(C(C)(C)C)=CC1)c1ccccc1-2.[Cl-].[Cl-]. The molecule has 0 nitrogen and oxygen atoms in total. The molecular formula is C24H27Cl2SiZr. The van der Waals surface area contributed by atoms with Crippen molar-refractivity contribution in [1.82, 2.24) is 0 Å². The molecule has 0 saturated heterocycles. The van der Waals surface area contributed by atoms with Gasteiger partial charge in [0.1, 0.15) is 0 Å². The van der Waals surface area contributed by atoms with Crippen molar-refractivity contribution in [3.8, 4) is 11.1 Å². The summed E-state index contributed by atoms with van der Waals surface area (Å²) in [7, 11) is 0. The molecule has 1 unspecified atom stereocenters. The van der Waals surface area contributed by atoms with Crippen LogP contribution in [0.5, 0.6) is 0 Å². The van der Waals surface area contributed by atoms with Gasteiger partial charge in [0, 0.05) is 0 Å². The molecule has 0 aliphatic heterocycles. The number of benzene rings is 2. The average molecular weight is 506 g/mol. The maximum Gasteiger partial charge on any atom is -1.00 e. The number of hydrogen-bond donors (Lipinski definition) is 0. The van der Waals surface area contributed by atoms with Gasteiger partial charge in [0.05, 0.1) is 0 Å². The van der Waals surface area contributed by atoms with Crippen molar-refractivity contribution in [2.75, 3.05) is 0 Å². The first kappa shape index (κ1) is 23.9. The maximum absolute atomic E-state index is 2.52. The van der Waals surface area contributed by atoms with E-state index in [9.17, 15) is 0 Å². The first-order valence-electron chi connectivity index (χ1n) is 9.57. The van der Waals surface area contributed by atoms with Gasteiger partial charge < -0.3 is 24.8 Å². The number of rotatable bonds is 2. The zero-order valence-electron chi connectivity index (χ0n) is 17.2. The Morgan fingerprint density at radius 2 is 1.61 bits per heavy atom. The number of hydrogen-bond acceptors (Lipinski definition) is 0. The van der Waals surface area contributed by atoms with Crippen LogP contribution >= 0.6 is 0 Å². The van der Waals surface area contributed by atoms with E-state index in [4.69, 9.17) is 0 Å². The molecular weight excluding hydrogens is 478 g/mol. The number of fused-ring (bicyclic) bond motifs is 3. The summed E-state index contributed by atoms with van der Waals surface area (Å²) in [6.07, 6.45) is 6.09. The van der Waals surface area contributed by atoms with Crippen LogP contribution in [-0.2, 0) is 21.9 Å². The third-order valence-electron chi connectivity index (χ3n) is 5.48. The molecule has 1 atom stereocenters. The predicted octanol–water partition coefficient (Wildman–Crippen LogP) is 0.0684. The van der Waals surface area contributed by atoms with Crippen LogP contribution in [-0.4, -0.2) is 5.43 Å². The van der Waals surface area contributed by atoms with E-state index in [1.165, 1.54) is 22.3 Å². The normalized spacial score (nSPS) is 16.7. The van der Waals surface area contributed by atoms with Crippen LogP contribution in [0, 0.1) is 5.41 Å². The molecule has 2 aromatic carbocycles. The number of allylic oxidation sites excluding steroid dienone is 4. The van der Waals surface area contributed by atoms with Gasteiger partial charge in [-0.05, 0) is 0 Å². The van der Waals surface area contributed by atoms with Gasteiger partial charge in [-0.15, -0.1) is 0 Å². The Labute approximate surface area is 193 Å². The van der Waals surface area contributed by atoms with Crippen molar-refractivity contribution in [2.24, 2.45) is 5.41 Å². The van der Waals surface area contributed by atoms with Crippen LogP contribution in [0.4, 0.5) is 0 Å². The molecule has 4 rings (SSSR count). The van der Waals surface area contributed by atoms with E-state index >= 15 is 0 Å². The van der Waals surface area contributed by atoms with Gasteiger partial charge in [-0.1, -0.05) is 0 Å². The second-order valence-electron chi connectivity index (χ2n) is 8.74. The largest absolute Gasteiger partial charge is 1.00 e. The van der Waals surface area contributed by atoms with Crippen LogP contribution in [0.25, 0.3) is 11.1 Å². The van der Waals surface area contributed by atoms with E-state index < -0.39 is 21.9 Å². The molecule has 0 saturated carbocycles. The molecule has 2 aliphatic rings. The van der Waals surface area contributed by atoms with Gasteiger partial charge in [-0.25, -0.2) is 0 Å². The van der Waals surface area contributed by atoms with Crippen molar-refractivity contribution in [3.05, 3.63) is 76.9 Å². The Kier molecular flexibility index (Phi) is 7.82. The summed E-state index contributed by atoms with van der Waals surface area (Å²) in [6.45, 7) is 12.0. The summed E-state index contributed by atoms with van der Waals surface area (Å²) < 4.78 is 1.75.